The van der Waals surface area contributed by atoms with E-state index in [1.54, 1.807) is 24.1 Å². The lowest BCUT2D eigenvalue weighted by Crippen LogP contribution is -2.48. The molecule has 32 heavy (non-hydrogen) atoms. The number of nitrogens with zero attached hydrogens (tertiary/aromatic N) is 3. The minimum absolute atomic E-state index is 0.000127. The number of fused-ring (bicyclic) bond motifs is 1. The number of hydrogen-bond acceptors (Lipinski definition) is 6. The van der Waals surface area contributed by atoms with Crippen molar-refractivity contribution < 1.29 is 14.5 Å². The fraction of sp³-hybridized carbons (Fsp3) is 0.304. The van der Waals surface area contributed by atoms with E-state index in [0.717, 1.165) is 29.3 Å². The van der Waals surface area contributed by atoms with Gasteiger partial charge in [0.05, 0.1) is 17.0 Å². The van der Waals surface area contributed by atoms with Crippen LogP contribution in [0.3, 0.4) is 0 Å². The number of carbonyl (C=O) groups is 1. The number of amides is 1. The number of H-pyrrole nitrogens is 1. The number of rotatable bonds is 7. The molecule has 2 aromatic carbocycles. The molecule has 1 fully saturated rings. The maximum Gasteiger partial charge on any atom is 0.269 e. The summed E-state index contributed by atoms with van der Waals surface area (Å²) in [6.45, 7) is 0.607. The van der Waals surface area contributed by atoms with Crippen LogP contribution >= 0.6 is 0 Å². The summed E-state index contributed by atoms with van der Waals surface area (Å²) in [4.78, 5) is 28.3. The highest BCUT2D eigenvalue weighted by atomic mass is 16.6. The maximum atomic E-state index is 13.0. The van der Waals surface area contributed by atoms with Gasteiger partial charge in [0.15, 0.2) is 0 Å². The monoisotopic (exact) mass is 433 g/mol. The smallest absolute Gasteiger partial charge is 0.269 e. The molecule has 2 heterocycles. The number of nitro benzene ring substituents is 1. The SMILES string of the molecule is CN[C@@H](Cc1c[nH]c2ccc(Oc3ccc([N+](=O)[O-])cc3)cc12)C(=O)N1CCC[C@H]1C#N. The Hall–Kier alpha value is -3.90. The number of ether oxygens (including phenoxy) is 1. The van der Waals surface area contributed by atoms with Gasteiger partial charge >= 0.3 is 0 Å². The van der Waals surface area contributed by atoms with Gasteiger partial charge in [-0.25, -0.2) is 0 Å². The number of likely N-dealkylation sites (N-methyl/N-ethyl adjacent to an activating group) is 1. The second-order valence-electron chi connectivity index (χ2n) is 7.74. The van der Waals surface area contributed by atoms with E-state index in [1.165, 1.54) is 12.1 Å². The molecular formula is C23H23N5O4. The molecule has 1 saturated heterocycles. The van der Waals surface area contributed by atoms with Crippen molar-refractivity contribution in [3.05, 3.63) is 64.3 Å². The van der Waals surface area contributed by atoms with Crippen molar-refractivity contribution in [1.29, 1.82) is 5.26 Å². The quantitative estimate of drug-likeness (QED) is 0.434. The predicted octanol–water partition coefficient (Wildman–Crippen LogP) is 3.51. The molecule has 0 aliphatic carbocycles. The Balaban J connectivity index is 1.53. The second kappa shape index (κ2) is 9.08. The normalized spacial score (nSPS) is 16.6. The van der Waals surface area contributed by atoms with Gasteiger partial charge in [-0.05, 0) is 62.2 Å². The van der Waals surface area contributed by atoms with Crippen molar-refractivity contribution in [2.75, 3.05) is 13.6 Å². The number of carbonyl (C=O) groups excluding carboxylic acids is 1. The average Bonchev–Trinajstić information content (AvgIpc) is 3.44. The molecule has 0 saturated carbocycles. The summed E-state index contributed by atoms with van der Waals surface area (Å²) in [7, 11) is 1.75. The van der Waals surface area contributed by atoms with Crippen LogP contribution in [0.1, 0.15) is 18.4 Å². The van der Waals surface area contributed by atoms with E-state index in [0.29, 0.717) is 24.5 Å². The average molecular weight is 433 g/mol. The Kier molecular flexibility index (Phi) is 6.05. The van der Waals surface area contributed by atoms with Gasteiger partial charge in [0.1, 0.15) is 17.5 Å². The summed E-state index contributed by atoms with van der Waals surface area (Å²) in [5.74, 6) is 1.01. The van der Waals surface area contributed by atoms with Gasteiger partial charge in [-0.2, -0.15) is 5.26 Å². The van der Waals surface area contributed by atoms with Crippen LogP contribution in [0.15, 0.2) is 48.7 Å². The van der Waals surface area contributed by atoms with E-state index in [9.17, 15) is 20.2 Å². The lowest BCUT2D eigenvalue weighted by Gasteiger charge is -2.25. The summed E-state index contributed by atoms with van der Waals surface area (Å²) < 4.78 is 5.87. The van der Waals surface area contributed by atoms with Crippen LogP contribution < -0.4 is 10.1 Å². The van der Waals surface area contributed by atoms with Gasteiger partial charge in [0.2, 0.25) is 5.91 Å². The highest BCUT2D eigenvalue weighted by Crippen LogP contribution is 2.29. The molecule has 9 nitrogen and oxygen atoms in total. The first-order valence-electron chi connectivity index (χ1n) is 10.4. The zero-order chi connectivity index (χ0) is 22.7. The molecule has 1 aromatic heterocycles. The van der Waals surface area contributed by atoms with Crippen LogP contribution in [0.4, 0.5) is 5.69 Å². The van der Waals surface area contributed by atoms with E-state index in [-0.39, 0.29) is 17.6 Å². The van der Waals surface area contributed by atoms with Gasteiger partial charge in [0.25, 0.3) is 5.69 Å². The van der Waals surface area contributed by atoms with Gasteiger partial charge in [-0.1, -0.05) is 0 Å². The lowest BCUT2D eigenvalue weighted by atomic mass is 10.0. The summed E-state index contributed by atoms with van der Waals surface area (Å²) in [5.41, 5.74) is 1.86. The van der Waals surface area contributed by atoms with Crippen molar-refractivity contribution in [3.8, 4) is 17.6 Å². The van der Waals surface area contributed by atoms with Gasteiger partial charge < -0.3 is 19.9 Å². The van der Waals surface area contributed by atoms with Gasteiger partial charge in [0, 0.05) is 35.8 Å². The third kappa shape index (κ3) is 4.26. The lowest BCUT2D eigenvalue weighted by molar-refractivity contribution is -0.384. The number of likely N-dealkylation sites (tertiary alicyclic amines) is 1. The van der Waals surface area contributed by atoms with Gasteiger partial charge in [-0.3, -0.25) is 14.9 Å². The van der Waals surface area contributed by atoms with Crippen LogP contribution in [0, 0.1) is 21.4 Å². The van der Waals surface area contributed by atoms with E-state index < -0.39 is 11.0 Å². The first kappa shape index (κ1) is 21.3. The third-order valence-electron chi connectivity index (χ3n) is 5.78. The molecule has 9 heteroatoms. The molecule has 0 bridgehead atoms. The number of benzene rings is 2. The summed E-state index contributed by atoms with van der Waals surface area (Å²) in [6, 6.07) is 12.9. The zero-order valence-electron chi connectivity index (χ0n) is 17.6. The molecule has 0 radical (unpaired) electrons. The Labute approximate surface area is 184 Å². The van der Waals surface area contributed by atoms with E-state index >= 15 is 0 Å². The van der Waals surface area contributed by atoms with Crippen molar-refractivity contribution in [1.82, 2.24) is 15.2 Å². The highest BCUT2D eigenvalue weighted by Gasteiger charge is 2.32. The van der Waals surface area contributed by atoms with Crippen LogP contribution in [0.25, 0.3) is 10.9 Å². The number of aromatic amines is 1. The number of nitriles is 1. The molecule has 0 unspecified atom stereocenters. The van der Waals surface area contributed by atoms with Crippen molar-refractivity contribution >= 4 is 22.5 Å². The first-order valence-corrected chi connectivity index (χ1v) is 10.4. The molecule has 4 rings (SSSR count). The molecule has 0 spiro atoms. The Morgan fingerprint density at radius 3 is 2.78 bits per heavy atom. The van der Waals surface area contributed by atoms with Gasteiger partial charge in [-0.15, -0.1) is 0 Å². The highest BCUT2D eigenvalue weighted by molar-refractivity contribution is 5.87. The molecular weight excluding hydrogens is 410 g/mol. The van der Waals surface area contributed by atoms with Crippen LogP contribution in [-0.4, -0.2) is 46.4 Å². The number of non-ortho nitro benzene ring substituents is 1. The molecule has 1 aliphatic heterocycles. The molecule has 1 amide bonds. The second-order valence-corrected chi connectivity index (χ2v) is 7.74. The Morgan fingerprint density at radius 1 is 1.34 bits per heavy atom. The van der Waals surface area contributed by atoms with E-state index in [4.69, 9.17) is 4.74 Å². The number of nitro groups is 1. The fourth-order valence-corrected chi connectivity index (χ4v) is 4.06. The minimum atomic E-state index is -0.456. The Bertz CT molecular complexity index is 1180. The van der Waals surface area contributed by atoms with Crippen LogP contribution in [0.2, 0.25) is 0 Å². The van der Waals surface area contributed by atoms with Crippen molar-refractivity contribution in [2.45, 2.75) is 31.3 Å². The summed E-state index contributed by atoms with van der Waals surface area (Å²) in [5, 5.41) is 24.2. The van der Waals surface area contributed by atoms with Crippen molar-refractivity contribution in [3.63, 3.8) is 0 Å². The summed E-state index contributed by atoms with van der Waals surface area (Å²) in [6.07, 6.45) is 3.90. The molecule has 3 aromatic rings. The maximum absolute atomic E-state index is 13.0. The van der Waals surface area contributed by atoms with Crippen molar-refractivity contribution in [2.24, 2.45) is 0 Å². The minimum Gasteiger partial charge on any atom is -0.457 e. The standard InChI is InChI=1S/C23H23N5O4/c1-25-22(23(29)27-10-2-3-17(27)13-24)11-15-14-26-21-9-8-19(12-20(15)21)32-18-6-4-16(5-7-18)28(30)31/h4-9,12,14,17,22,25-26H,2-3,10-11H2,1H3/t17-,22-/m0/s1. The number of nitrogens with one attached hydrogen (secondary N) is 2. The molecule has 164 valence electrons. The van der Waals surface area contributed by atoms with E-state index in [1.807, 2.05) is 24.4 Å². The zero-order valence-corrected chi connectivity index (χ0v) is 17.6. The predicted molar refractivity (Wildman–Crippen MR) is 118 cm³/mol. The van der Waals surface area contributed by atoms with Crippen LogP contribution in [-0.2, 0) is 11.2 Å². The largest absolute Gasteiger partial charge is 0.457 e. The van der Waals surface area contributed by atoms with Crippen LogP contribution in [0.5, 0.6) is 11.5 Å². The molecule has 1 aliphatic rings. The third-order valence-corrected chi connectivity index (χ3v) is 5.78. The summed E-state index contributed by atoms with van der Waals surface area (Å²) >= 11 is 0. The fourth-order valence-electron chi connectivity index (χ4n) is 4.06. The topological polar surface area (TPSA) is 124 Å². The van der Waals surface area contributed by atoms with E-state index in [2.05, 4.69) is 16.4 Å². The first-order chi connectivity index (χ1) is 15.5. The molecule has 2 N–H and O–H groups in total. The number of aromatic nitrogens is 1. The Morgan fingerprint density at radius 2 is 2.09 bits per heavy atom. The number of hydrogen-bond donors (Lipinski definition) is 2. The molecule has 2 atom stereocenters.